The van der Waals surface area contributed by atoms with Crippen LogP contribution in [0.4, 0.5) is 0 Å². The monoisotopic (exact) mass is 802 g/mol. The molecule has 59 heavy (non-hydrogen) atoms. The van der Waals surface area contributed by atoms with Crippen LogP contribution in [0.3, 0.4) is 0 Å². The Kier molecular flexibility index (Phi) is 13.2. The van der Waals surface area contributed by atoms with E-state index in [-0.39, 0.29) is 19.8 Å². The molecule has 4 aliphatic rings. The summed E-state index contributed by atoms with van der Waals surface area (Å²) in [4.78, 5) is 0. The Balaban J connectivity index is 1.05. The molecule has 0 N–H and O–H groups in total. The average Bonchev–Trinajstić information content (AvgIpc) is 3.31. The van der Waals surface area contributed by atoms with Gasteiger partial charge in [-0.2, -0.15) is 0 Å². The summed E-state index contributed by atoms with van der Waals surface area (Å²) in [6.07, 6.45) is -8.34. The second kappa shape index (κ2) is 19.4. The van der Waals surface area contributed by atoms with Gasteiger partial charge in [0.25, 0.3) is 0 Å². The Morgan fingerprint density at radius 1 is 0.424 bits per heavy atom. The lowest BCUT2D eigenvalue weighted by molar-refractivity contribution is -0.411. The van der Waals surface area contributed by atoms with Crippen LogP contribution in [0.2, 0.25) is 0 Å². The van der Waals surface area contributed by atoms with E-state index in [4.69, 9.17) is 52.1 Å². The lowest BCUT2D eigenvalue weighted by Crippen LogP contribution is -2.67. The fourth-order valence-electron chi connectivity index (χ4n) is 8.11. The molecule has 308 valence electrons. The minimum absolute atomic E-state index is 0.230. The summed E-state index contributed by atoms with van der Waals surface area (Å²) in [6, 6.07) is 49.8. The van der Waals surface area contributed by atoms with Gasteiger partial charge < -0.3 is 52.1 Å². The van der Waals surface area contributed by atoms with E-state index in [1.807, 2.05) is 152 Å². The van der Waals surface area contributed by atoms with Crippen molar-refractivity contribution in [3.8, 4) is 0 Å². The highest BCUT2D eigenvalue weighted by molar-refractivity contribution is 5.19. The Morgan fingerprint density at radius 3 is 1.22 bits per heavy atom. The van der Waals surface area contributed by atoms with Gasteiger partial charge in [0, 0.05) is 18.2 Å². The first-order valence-electron chi connectivity index (χ1n) is 20.3. The van der Waals surface area contributed by atoms with Crippen LogP contribution in [-0.2, 0) is 71.9 Å². The highest BCUT2D eigenvalue weighted by Gasteiger charge is 2.57. The zero-order valence-electron chi connectivity index (χ0n) is 32.9. The van der Waals surface area contributed by atoms with Gasteiger partial charge in [-0.25, -0.2) is 0 Å². The Bertz CT molecular complexity index is 1990. The molecule has 0 amide bonds. The van der Waals surface area contributed by atoms with Crippen molar-refractivity contribution in [2.75, 3.05) is 20.3 Å². The van der Waals surface area contributed by atoms with E-state index in [1.165, 1.54) is 0 Å². The van der Waals surface area contributed by atoms with Crippen LogP contribution in [0.15, 0.2) is 152 Å². The van der Waals surface area contributed by atoms with Crippen molar-refractivity contribution < 1.29 is 52.1 Å². The molecule has 5 aromatic rings. The molecule has 11 heteroatoms. The Morgan fingerprint density at radius 2 is 0.797 bits per heavy atom. The zero-order chi connectivity index (χ0) is 39.8. The molecule has 0 unspecified atom stereocenters. The standard InChI is InChI=1S/C48H50O11/c1-49-47-44(42(51-28-33-19-9-3-10-20-33)40-37(55-47)30-53-46(58-40)36-25-15-6-16-26-36)59-48-43(52-29-34-21-11-4-12-22-34)41(50-27-32-17-7-2-8-18-32)39-38(56-48)31-54-45(57-39)35-23-13-5-14-24-35/h2-26,37-48H,27-31H2,1H3/t37-,38-,39-,40-,41+,42+,43+,44+,45-,46-,47+,48+/m1/s1. The van der Waals surface area contributed by atoms with Gasteiger partial charge in [-0.1, -0.05) is 152 Å². The third-order valence-corrected chi connectivity index (χ3v) is 11.1. The fraction of sp³-hybridized carbons (Fsp3) is 0.375. The van der Waals surface area contributed by atoms with E-state index in [2.05, 4.69) is 0 Å². The van der Waals surface area contributed by atoms with Crippen LogP contribution in [0.1, 0.15) is 40.4 Å². The first-order valence-corrected chi connectivity index (χ1v) is 20.3. The van der Waals surface area contributed by atoms with Crippen molar-refractivity contribution >= 4 is 0 Å². The number of ether oxygens (including phenoxy) is 11. The van der Waals surface area contributed by atoms with Crippen LogP contribution in [-0.4, -0.2) is 81.7 Å². The number of fused-ring (bicyclic) bond motifs is 2. The van der Waals surface area contributed by atoms with Crippen LogP contribution in [0, 0.1) is 0 Å². The van der Waals surface area contributed by atoms with Crippen molar-refractivity contribution in [2.24, 2.45) is 0 Å². The average molecular weight is 803 g/mol. The zero-order valence-corrected chi connectivity index (χ0v) is 32.9. The molecule has 4 aliphatic heterocycles. The summed E-state index contributed by atoms with van der Waals surface area (Å²) in [5, 5.41) is 0. The first-order chi connectivity index (χ1) is 29.2. The first kappa shape index (κ1) is 40.1. The van der Waals surface area contributed by atoms with Gasteiger partial charge in [0.05, 0.1) is 33.0 Å². The predicted molar refractivity (Wildman–Crippen MR) is 214 cm³/mol. The van der Waals surface area contributed by atoms with Crippen LogP contribution >= 0.6 is 0 Å². The number of benzene rings is 5. The molecule has 11 nitrogen and oxygen atoms in total. The summed E-state index contributed by atoms with van der Waals surface area (Å²) in [6.45, 7) is 1.36. The van der Waals surface area contributed by atoms with E-state index in [0.29, 0.717) is 13.2 Å². The summed E-state index contributed by atoms with van der Waals surface area (Å²) in [5.74, 6) is 0. The van der Waals surface area contributed by atoms with Crippen LogP contribution < -0.4 is 0 Å². The quantitative estimate of drug-likeness (QED) is 0.112. The molecule has 9 rings (SSSR count). The van der Waals surface area contributed by atoms with Crippen molar-refractivity contribution in [3.63, 3.8) is 0 Å². The molecule has 0 saturated carbocycles. The Labute approximate surface area is 344 Å². The number of rotatable bonds is 14. The smallest absolute Gasteiger partial charge is 0.187 e. The SMILES string of the molecule is CO[C@H]1O[C@@H]2CO[C@@H](c3ccccc3)O[C@H]2[C@H](OCc2ccccc2)[C@@H]1O[C@@H]1O[C@@H]2CO[C@@H](c3ccccc3)O[C@H]2[C@H](OCc2ccccc2)[C@@H]1OCc1ccccc1. The minimum Gasteiger partial charge on any atom is -0.368 e. The van der Waals surface area contributed by atoms with Gasteiger partial charge in [-0.05, 0) is 16.7 Å². The molecular weight excluding hydrogens is 753 g/mol. The summed E-state index contributed by atoms with van der Waals surface area (Å²) < 4.78 is 73.2. The van der Waals surface area contributed by atoms with Gasteiger partial charge in [0.15, 0.2) is 25.2 Å². The third-order valence-electron chi connectivity index (χ3n) is 11.1. The van der Waals surface area contributed by atoms with Gasteiger partial charge >= 0.3 is 0 Å². The molecule has 0 bridgehead atoms. The minimum atomic E-state index is -1.00. The maximum atomic E-state index is 7.14. The van der Waals surface area contributed by atoms with E-state index >= 15 is 0 Å². The maximum absolute atomic E-state index is 7.14. The molecule has 12 atom stereocenters. The second-order valence-electron chi connectivity index (χ2n) is 15.1. The summed E-state index contributed by atoms with van der Waals surface area (Å²) >= 11 is 0. The van der Waals surface area contributed by atoms with Gasteiger partial charge in [-0.3, -0.25) is 0 Å². The van der Waals surface area contributed by atoms with E-state index in [1.54, 1.807) is 7.11 Å². The topological polar surface area (TPSA) is 102 Å². The molecule has 0 aliphatic carbocycles. The molecular formula is C48H50O11. The van der Waals surface area contributed by atoms with Gasteiger partial charge in [0.2, 0.25) is 0 Å². The molecule has 0 radical (unpaired) electrons. The third kappa shape index (κ3) is 9.52. The maximum Gasteiger partial charge on any atom is 0.187 e. The number of hydrogen-bond donors (Lipinski definition) is 0. The largest absolute Gasteiger partial charge is 0.368 e. The van der Waals surface area contributed by atoms with Gasteiger partial charge in [-0.15, -0.1) is 0 Å². The predicted octanol–water partition coefficient (Wildman–Crippen LogP) is 7.45. The molecule has 0 aromatic heterocycles. The van der Waals surface area contributed by atoms with Crippen molar-refractivity contribution in [1.29, 1.82) is 0 Å². The summed E-state index contributed by atoms with van der Waals surface area (Å²) in [7, 11) is 1.59. The van der Waals surface area contributed by atoms with Crippen molar-refractivity contribution in [2.45, 2.75) is 93.8 Å². The molecule has 4 saturated heterocycles. The lowest BCUT2D eigenvalue weighted by atomic mass is 9.95. The van der Waals surface area contributed by atoms with Gasteiger partial charge in [0.1, 0.15) is 48.8 Å². The normalized spacial score (nSPS) is 31.8. The highest BCUT2D eigenvalue weighted by Crippen LogP contribution is 2.41. The van der Waals surface area contributed by atoms with Crippen LogP contribution in [0.5, 0.6) is 0 Å². The number of methoxy groups -OCH3 is 1. The van der Waals surface area contributed by atoms with Crippen molar-refractivity contribution in [1.82, 2.24) is 0 Å². The van der Waals surface area contributed by atoms with Crippen molar-refractivity contribution in [3.05, 3.63) is 179 Å². The molecule has 5 aromatic carbocycles. The molecule has 0 spiro atoms. The van der Waals surface area contributed by atoms with E-state index in [9.17, 15) is 0 Å². The van der Waals surface area contributed by atoms with E-state index < -0.39 is 74.0 Å². The summed E-state index contributed by atoms with van der Waals surface area (Å²) in [5.41, 5.74) is 4.77. The van der Waals surface area contributed by atoms with Crippen LogP contribution in [0.25, 0.3) is 0 Å². The fourth-order valence-corrected chi connectivity index (χ4v) is 8.11. The Hall–Kier alpha value is -4.34. The second-order valence-corrected chi connectivity index (χ2v) is 15.1. The lowest BCUT2D eigenvalue weighted by Gasteiger charge is -2.52. The molecule has 4 fully saturated rings. The highest BCUT2D eigenvalue weighted by atomic mass is 16.8. The molecule has 4 heterocycles. The number of hydrogen-bond acceptors (Lipinski definition) is 11. The van der Waals surface area contributed by atoms with E-state index in [0.717, 1.165) is 27.8 Å².